The number of anilines is 9. The van der Waals surface area contributed by atoms with Crippen molar-refractivity contribution in [1.29, 1.82) is 0 Å². The van der Waals surface area contributed by atoms with Gasteiger partial charge < -0.3 is 29.4 Å². The summed E-state index contributed by atoms with van der Waals surface area (Å²) < 4.78 is 123. The third-order valence-corrected chi connectivity index (χ3v) is 15.6. The van der Waals surface area contributed by atoms with Crippen LogP contribution in [-0.2, 0) is 38.6 Å². The maximum absolute atomic E-state index is 13.6. The van der Waals surface area contributed by atoms with Crippen LogP contribution in [0.2, 0.25) is 0 Å². The summed E-state index contributed by atoms with van der Waals surface area (Å²) in [5.41, 5.74) is 11.7. The average Bonchev–Trinajstić information content (AvgIpc) is 1.66. The van der Waals surface area contributed by atoms with Gasteiger partial charge in [0.05, 0.1) is 34.1 Å². The van der Waals surface area contributed by atoms with Crippen LogP contribution in [0, 0.1) is 38.2 Å². The number of alkyl halides is 9. The molecule has 489 valence electrons. The molecule has 3 aliphatic heterocycles. The van der Waals surface area contributed by atoms with Crippen molar-refractivity contribution < 1.29 is 59.6 Å². The first-order chi connectivity index (χ1) is 46.2. The van der Waals surface area contributed by atoms with E-state index in [1.54, 1.807) is 162 Å². The van der Waals surface area contributed by atoms with Crippen LogP contribution >= 0.6 is 0 Å². The summed E-state index contributed by atoms with van der Waals surface area (Å²) in [6.45, 7) is 5.08. The Hall–Kier alpha value is -11.0. The second-order valence-electron chi connectivity index (χ2n) is 22.1. The van der Waals surface area contributed by atoms with Crippen LogP contribution in [-0.4, -0.2) is 51.0 Å². The third-order valence-electron chi connectivity index (χ3n) is 15.6. The summed E-state index contributed by atoms with van der Waals surface area (Å²) in [5, 5.41) is 0. The predicted molar refractivity (Wildman–Crippen MR) is 354 cm³/mol. The van der Waals surface area contributed by atoms with E-state index < -0.39 is 36.0 Å². The molecule has 0 fully saturated rings. The molecule has 0 bridgehead atoms. The monoisotopic (exact) mass is 1480 g/mol. The fourth-order valence-corrected chi connectivity index (χ4v) is 11.1. The summed E-state index contributed by atoms with van der Waals surface area (Å²) >= 11 is 0. The maximum Gasteiger partial charge on any atom is 0.451 e. The van der Waals surface area contributed by atoms with Gasteiger partial charge in [0.25, 0.3) is 0 Å². The van der Waals surface area contributed by atoms with Crippen LogP contribution in [0.15, 0.2) is 237 Å². The van der Waals surface area contributed by atoms with Gasteiger partial charge in [-0.3, -0.25) is 0 Å². The Morgan fingerprint density at radius 3 is 0.691 bits per heavy atom. The van der Waals surface area contributed by atoms with Crippen molar-refractivity contribution in [2.75, 3.05) is 50.5 Å². The molecule has 0 unspecified atom stereocenters. The fraction of sp³-hybridized carbons (Fsp3) is 0.0800. The smallest absolute Gasteiger partial charge is 0.451 e. The molecule has 3 aromatic heterocycles. The molecule has 1 radical (unpaired) electrons. The molecular formula is C75H51F9IrN12-6. The van der Waals surface area contributed by atoms with Gasteiger partial charge in [0.2, 0.25) is 17.5 Å². The molecule has 12 nitrogen and oxygen atoms in total. The van der Waals surface area contributed by atoms with Gasteiger partial charge in [0.15, 0.2) is 0 Å². The fourth-order valence-electron chi connectivity index (χ4n) is 11.1. The second kappa shape index (κ2) is 27.4. The number of benzene rings is 9. The molecule has 0 aliphatic carbocycles. The van der Waals surface area contributed by atoms with Crippen molar-refractivity contribution in [3.63, 3.8) is 0 Å². The SMILES string of the molecule is CN1[CH-]N(c2[c-]cc(-c3ccccc3)cc2)c2nc(C(F)(F)F)nc(-c3ccccc3)c21.CN1[CH-]N(c2[c-]cc(-c3ccccc3)cc2)c2nc(C(F)(F)F)nc(-c3ccccc3)c21.CN1[CH-]N(c2[c-]cc(-c3ccccc3)cc2)c2nc(C(F)(F)F)nc(-c3ccccc3)c21.[Ir]. The Morgan fingerprint density at radius 2 is 0.495 bits per heavy atom. The van der Waals surface area contributed by atoms with Crippen molar-refractivity contribution in [3.8, 4) is 67.2 Å². The number of hydrogen-bond acceptors (Lipinski definition) is 12. The molecule has 0 spiro atoms. The number of nitrogens with zero attached hydrogens (tertiary/aromatic N) is 12. The van der Waals surface area contributed by atoms with Gasteiger partial charge in [-0.2, -0.15) is 114 Å². The zero-order valence-corrected chi connectivity index (χ0v) is 53.7. The van der Waals surface area contributed by atoms with Crippen molar-refractivity contribution in [1.82, 2.24) is 29.9 Å². The zero-order chi connectivity index (χ0) is 66.9. The average molecular weight is 1480 g/mol. The van der Waals surface area contributed by atoms with E-state index in [4.69, 9.17) is 0 Å². The molecule has 3 aliphatic rings. The minimum atomic E-state index is -4.67. The van der Waals surface area contributed by atoms with Crippen molar-refractivity contribution in [3.05, 3.63) is 292 Å². The van der Waals surface area contributed by atoms with Gasteiger partial charge in [-0.1, -0.05) is 199 Å². The summed E-state index contributed by atoms with van der Waals surface area (Å²) in [7, 11) is 5.29. The first kappa shape index (κ1) is 66.1. The van der Waals surface area contributed by atoms with Gasteiger partial charge in [0.1, 0.15) is 17.5 Å². The van der Waals surface area contributed by atoms with E-state index in [0.717, 1.165) is 33.4 Å². The van der Waals surface area contributed by atoms with Gasteiger partial charge in [-0.25, -0.2) is 29.9 Å². The largest absolute Gasteiger partial charge is 0.501 e. The Morgan fingerprint density at radius 1 is 0.278 bits per heavy atom. The quantitative estimate of drug-likeness (QED) is 0.102. The first-order valence-corrected chi connectivity index (χ1v) is 29.7. The Kier molecular flexibility index (Phi) is 18.7. The van der Waals surface area contributed by atoms with E-state index in [9.17, 15) is 39.5 Å². The minimum Gasteiger partial charge on any atom is -0.501 e. The molecule has 0 amide bonds. The Labute approximate surface area is 566 Å². The van der Waals surface area contributed by atoms with Gasteiger partial charge in [-0.05, 0) is 21.1 Å². The molecule has 0 saturated carbocycles. The zero-order valence-electron chi connectivity index (χ0n) is 51.4. The minimum absolute atomic E-state index is 0. The van der Waals surface area contributed by atoms with Crippen LogP contribution in [0.5, 0.6) is 0 Å². The number of hydrogen-bond donors (Lipinski definition) is 0. The standard InChI is InChI=1S/3C25H17F3N4.Ir/c3*1-31-16-32(20-14-12-18(13-15-20)17-8-4-2-5-9-17)23-22(31)21(19-10-6-3-7-11-19)29-24(30-23)25(26,27)28;/h3*2-14,16H,1H3;/q3*-2;. The van der Waals surface area contributed by atoms with Crippen LogP contribution in [0.25, 0.3) is 67.2 Å². The molecule has 22 heteroatoms. The van der Waals surface area contributed by atoms with Crippen molar-refractivity contribution in [2.24, 2.45) is 0 Å². The summed E-state index contributed by atoms with van der Waals surface area (Å²) in [5.74, 6) is -3.04. The molecular weight excluding hydrogens is 1430 g/mol. The Balaban J connectivity index is 0.000000138. The molecule has 9 aromatic carbocycles. The summed E-state index contributed by atoms with van der Waals surface area (Å²) in [6, 6.07) is 82.1. The topological polar surface area (TPSA) is 96.8 Å². The van der Waals surface area contributed by atoms with Gasteiger partial charge in [0, 0.05) is 36.8 Å². The van der Waals surface area contributed by atoms with E-state index >= 15 is 0 Å². The molecule has 0 atom stereocenters. The van der Waals surface area contributed by atoms with Gasteiger partial charge in [-0.15, -0.1) is 52.0 Å². The number of halogens is 9. The molecule has 6 heterocycles. The van der Waals surface area contributed by atoms with E-state index in [1.165, 1.54) is 0 Å². The molecule has 97 heavy (non-hydrogen) atoms. The number of rotatable bonds is 9. The molecule has 0 saturated heterocycles. The van der Waals surface area contributed by atoms with Crippen LogP contribution in [0.3, 0.4) is 0 Å². The van der Waals surface area contributed by atoms with E-state index in [1.807, 2.05) is 146 Å². The van der Waals surface area contributed by atoms with E-state index in [2.05, 4.69) is 48.1 Å². The first-order valence-electron chi connectivity index (χ1n) is 29.7. The van der Waals surface area contributed by atoms with E-state index in [-0.39, 0.29) is 54.6 Å². The van der Waals surface area contributed by atoms with Crippen molar-refractivity contribution in [2.45, 2.75) is 18.5 Å². The molecule has 15 rings (SSSR count). The number of aromatic nitrogens is 6. The molecule has 12 aromatic rings. The number of fused-ring (bicyclic) bond motifs is 3. The maximum atomic E-state index is 13.6. The second-order valence-corrected chi connectivity index (χ2v) is 22.1. The van der Waals surface area contributed by atoms with Crippen molar-refractivity contribution >= 4 is 51.6 Å². The molecule has 0 N–H and O–H groups in total. The van der Waals surface area contributed by atoms with Crippen LogP contribution in [0.1, 0.15) is 17.5 Å². The Bertz CT molecular complexity index is 4200. The van der Waals surface area contributed by atoms with Gasteiger partial charge >= 0.3 is 18.5 Å². The third kappa shape index (κ3) is 13.9. The van der Waals surface area contributed by atoms with Crippen LogP contribution < -0.4 is 29.4 Å². The predicted octanol–water partition coefficient (Wildman–Crippen LogP) is 19.0. The summed E-state index contributed by atoms with van der Waals surface area (Å²) in [6.07, 6.45) is -14.0. The van der Waals surface area contributed by atoms with E-state index in [0.29, 0.717) is 50.8 Å². The summed E-state index contributed by atoms with van der Waals surface area (Å²) in [4.78, 5) is 33.4. The normalized spacial score (nSPS) is 13.2. The van der Waals surface area contributed by atoms with Crippen LogP contribution in [0.4, 0.5) is 91.1 Å².